The van der Waals surface area contributed by atoms with E-state index in [0.29, 0.717) is 6.07 Å². The van der Waals surface area contributed by atoms with Crippen LogP contribution in [0.5, 0.6) is 0 Å². The highest BCUT2D eigenvalue weighted by molar-refractivity contribution is 5.92. The molecule has 9 heteroatoms. The summed E-state index contributed by atoms with van der Waals surface area (Å²) in [6.07, 6.45) is -1.35. The van der Waals surface area contributed by atoms with E-state index in [0.717, 1.165) is 21.9 Å². The van der Waals surface area contributed by atoms with Crippen molar-refractivity contribution < 1.29 is 33.0 Å². The van der Waals surface area contributed by atoms with Gasteiger partial charge in [0.15, 0.2) is 0 Å². The molecule has 1 aliphatic rings. The van der Waals surface area contributed by atoms with E-state index in [-0.39, 0.29) is 18.7 Å². The van der Waals surface area contributed by atoms with Crippen molar-refractivity contribution in [1.82, 2.24) is 9.80 Å². The Balaban J connectivity index is 2.49. The van der Waals surface area contributed by atoms with E-state index >= 15 is 0 Å². The summed E-state index contributed by atoms with van der Waals surface area (Å²) in [5.41, 5.74) is -1.39. The molecule has 1 aromatic carbocycles. The summed E-state index contributed by atoms with van der Waals surface area (Å²) in [7, 11) is 0. The molecule has 1 atom stereocenters. The zero-order chi connectivity index (χ0) is 19.6. The van der Waals surface area contributed by atoms with Crippen LogP contribution in [0, 0.1) is 11.6 Å². The smallest absolute Gasteiger partial charge is 0.408 e. The average molecular weight is 370 g/mol. The fraction of sp³-hybridized carbons (Fsp3) is 0.471. The Bertz CT molecular complexity index is 718. The average Bonchev–Trinajstić information content (AvgIpc) is 2.51. The molecule has 0 bridgehead atoms. The lowest BCUT2D eigenvalue weighted by atomic mass is 9.91. The van der Waals surface area contributed by atoms with Crippen molar-refractivity contribution in [2.75, 3.05) is 19.7 Å². The number of esters is 1. The molecule has 0 aromatic heterocycles. The maximum Gasteiger partial charge on any atom is 0.408 e. The van der Waals surface area contributed by atoms with Crippen LogP contribution in [0.25, 0.3) is 0 Å². The van der Waals surface area contributed by atoms with Gasteiger partial charge in [0.2, 0.25) is 5.91 Å². The van der Waals surface area contributed by atoms with Crippen LogP contribution in [-0.4, -0.2) is 58.1 Å². The molecule has 2 amide bonds. The van der Waals surface area contributed by atoms with Gasteiger partial charge in [-0.2, -0.15) is 0 Å². The number of carboxylic acid groups (broad SMARTS) is 1. The fourth-order valence-corrected chi connectivity index (χ4v) is 3.01. The maximum absolute atomic E-state index is 13.6. The number of ether oxygens (including phenoxy) is 1. The van der Waals surface area contributed by atoms with Gasteiger partial charge in [0.25, 0.3) is 0 Å². The van der Waals surface area contributed by atoms with Crippen molar-refractivity contribution in [1.29, 1.82) is 0 Å². The number of nitrogens with zero attached hydrogens (tertiary/aromatic N) is 2. The SMILES string of the molecule is CCOC(=O)CN1C(=O)C(C)(C)N(C(=O)O)C[C@H]1c1cc(F)cc(F)c1. The molecule has 2 rings (SSSR count). The fourth-order valence-electron chi connectivity index (χ4n) is 3.01. The van der Waals surface area contributed by atoms with E-state index in [4.69, 9.17) is 4.74 Å². The summed E-state index contributed by atoms with van der Waals surface area (Å²) < 4.78 is 32.1. The minimum atomic E-state index is -1.44. The van der Waals surface area contributed by atoms with E-state index in [1.54, 1.807) is 6.92 Å². The highest BCUT2D eigenvalue weighted by Gasteiger charge is 2.49. The van der Waals surface area contributed by atoms with Crippen LogP contribution in [0.4, 0.5) is 13.6 Å². The van der Waals surface area contributed by atoms with E-state index in [1.807, 2.05) is 0 Å². The number of amides is 2. The molecule has 1 aromatic rings. The minimum absolute atomic E-state index is 0.0573. The highest BCUT2D eigenvalue weighted by Crippen LogP contribution is 2.34. The molecule has 0 unspecified atom stereocenters. The molecular weight excluding hydrogens is 350 g/mol. The van der Waals surface area contributed by atoms with Gasteiger partial charge in [-0.1, -0.05) is 0 Å². The normalized spacial score (nSPS) is 19.4. The first-order valence-corrected chi connectivity index (χ1v) is 8.01. The van der Waals surface area contributed by atoms with Crippen molar-refractivity contribution in [3.63, 3.8) is 0 Å². The molecule has 0 spiro atoms. The van der Waals surface area contributed by atoms with E-state index in [2.05, 4.69) is 0 Å². The Morgan fingerprint density at radius 2 is 1.85 bits per heavy atom. The standard InChI is InChI=1S/C17H20F2N2O5/c1-4-26-14(22)9-20-13(10-5-11(18)7-12(19)6-10)8-21(16(24)25)17(2,3)15(20)23/h5-7,13H,4,8-9H2,1-3H3,(H,24,25)/t13-/m0/s1. The van der Waals surface area contributed by atoms with Crippen LogP contribution in [0.3, 0.4) is 0 Å². The lowest BCUT2D eigenvalue weighted by Crippen LogP contribution is -2.65. The zero-order valence-corrected chi connectivity index (χ0v) is 14.7. The van der Waals surface area contributed by atoms with Gasteiger partial charge in [-0.15, -0.1) is 0 Å². The van der Waals surface area contributed by atoms with Crippen molar-refractivity contribution >= 4 is 18.0 Å². The summed E-state index contributed by atoms with van der Waals surface area (Å²) >= 11 is 0. The Hall–Kier alpha value is -2.71. The van der Waals surface area contributed by atoms with E-state index in [1.165, 1.54) is 13.8 Å². The predicted octanol–water partition coefficient (Wildman–Crippen LogP) is 2.17. The quantitative estimate of drug-likeness (QED) is 0.821. The molecular formula is C17H20F2N2O5. The number of carbonyl (C=O) groups is 3. The molecule has 1 N–H and O–H groups in total. The van der Waals surface area contributed by atoms with E-state index in [9.17, 15) is 28.3 Å². The van der Waals surface area contributed by atoms with Crippen LogP contribution < -0.4 is 0 Å². The summed E-state index contributed by atoms with van der Waals surface area (Å²) in [5.74, 6) is -3.08. The van der Waals surface area contributed by atoms with Gasteiger partial charge < -0.3 is 14.7 Å². The first kappa shape index (κ1) is 19.6. The number of hydrogen-bond donors (Lipinski definition) is 1. The Kier molecular flexibility index (Phi) is 5.48. The first-order valence-electron chi connectivity index (χ1n) is 8.01. The minimum Gasteiger partial charge on any atom is -0.465 e. The monoisotopic (exact) mass is 370 g/mol. The molecule has 1 saturated heterocycles. The molecule has 1 fully saturated rings. The molecule has 142 valence electrons. The van der Waals surface area contributed by atoms with Crippen molar-refractivity contribution in [2.45, 2.75) is 32.4 Å². The number of piperazine rings is 1. The van der Waals surface area contributed by atoms with Gasteiger partial charge in [-0.25, -0.2) is 13.6 Å². The first-order chi connectivity index (χ1) is 12.1. The molecule has 1 heterocycles. The van der Waals surface area contributed by atoms with Crippen molar-refractivity contribution in [2.24, 2.45) is 0 Å². The largest absolute Gasteiger partial charge is 0.465 e. The number of halogens is 2. The van der Waals surface area contributed by atoms with Crippen LogP contribution >= 0.6 is 0 Å². The molecule has 1 aliphatic heterocycles. The molecule has 0 saturated carbocycles. The third-order valence-corrected chi connectivity index (χ3v) is 4.30. The molecule has 0 aliphatic carbocycles. The van der Waals surface area contributed by atoms with Gasteiger partial charge >= 0.3 is 12.1 Å². The Labute approximate surface area is 149 Å². The second-order valence-electron chi connectivity index (χ2n) is 6.41. The number of hydrogen-bond acceptors (Lipinski definition) is 4. The van der Waals surface area contributed by atoms with Crippen LogP contribution in [0.2, 0.25) is 0 Å². The topological polar surface area (TPSA) is 87.2 Å². The van der Waals surface area contributed by atoms with Gasteiger partial charge in [0, 0.05) is 12.6 Å². The Morgan fingerprint density at radius 3 is 2.35 bits per heavy atom. The van der Waals surface area contributed by atoms with Gasteiger partial charge in [-0.3, -0.25) is 14.5 Å². The van der Waals surface area contributed by atoms with Crippen LogP contribution in [0.1, 0.15) is 32.4 Å². The van der Waals surface area contributed by atoms with E-state index < -0.39 is 47.7 Å². The second-order valence-corrected chi connectivity index (χ2v) is 6.41. The number of rotatable bonds is 4. The van der Waals surface area contributed by atoms with Crippen molar-refractivity contribution in [3.8, 4) is 0 Å². The van der Waals surface area contributed by atoms with Gasteiger partial charge in [0.1, 0.15) is 23.7 Å². The molecule has 7 nitrogen and oxygen atoms in total. The molecule has 0 radical (unpaired) electrons. The zero-order valence-electron chi connectivity index (χ0n) is 14.7. The van der Waals surface area contributed by atoms with Gasteiger partial charge in [0.05, 0.1) is 12.6 Å². The third kappa shape index (κ3) is 3.76. The summed E-state index contributed by atoms with van der Waals surface area (Å²) in [6.45, 7) is 3.83. The molecule has 26 heavy (non-hydrogen) atoms. The lowest BCUT2D eigenvalue weighted by Gasteiger charge is -2.48. The van der Waals surface area contributed by atoms with Gasteiger partial charge in [-0.05, 0) is 38.5 Å². The third-order valence-electron chi connectivity index (χ3n) is 4.30. The lowest BCUT2D eigenvalue weighted by molar-refractivity contribution is -0.160. The highest BCUT2D eigenvalue weighted by atomic mass is 19.1. The second kappa shape index (κ2) is 7.27. The number of carbonyl (C=O) groups excluding carboxylic acids is 2. The van der Waals surface area contributed by atoms with Crippen LogP contribution in [0.15, 0.2) is 18.2 Å². The van der Waals surface area contributed by atoms with Crippen LogP contribution in [-0.2, 0) is 14.3 Å². The maximum atomic E-state index is 13.6. The predicted molar refractivity (Wildman–Crippen MR) is 86.3 cm³/mol. The summed E-state index contributed by atoms with van der Waals surface area (Å²) in [6, 6.07) is 1.67. The van der Waals surface area contributed by atoms with Crippen molar-refractivity contribution in [3.05, 3.63) is 35.4 Å². The summed E-state index contributed by atoms with van der Waals surface area (Å²) in [5, 5.41) is 9.43. The Morgan fingerprint density at radius 1 is 1.27 bits per heavy atom. The number of benzene rings is 1. The summed E-state index contributed by atoms with van der Waals surface area (Å²) in [4.78, 5) is 38.3.